The van der Waals surface area contributed by atoms with Crippen LogP contribution in [0.15, 0.2) is 41.9 Å². The third-order valence-electron chi connectivity index (χ3n) is 3.09. The molecule has 0 saturated carbocycles. The van der Waals surface area contributed by atoms with Gasteiger partial charge in [-0.1, -0.05) is 30.3 Å². The second kappa shape index (κ2) is 6.93. The van der Waals surface area contributed by atoms with E-state index in [1.54, 1.807) is 22.7 Å². The van der Waals surface area contributed by atoms with Crippen molar-refractivity contribution in [2.45, 2.75) is 20.0 Å². The Hall–Kier alpha value is -1.56. The largest absolute Gasteiger partial charge is 0.376 e. The van der Waals surface area contributed by atoms with Crippen molar-refractivity contribution in [2.75, 3.05) is 6.61 Å². The Morgan fingerprint density at radius 2 is 2.00 bits per heavy atom. The zero-order valence-corrected chi connectivity index (χ0v) is 13.4. The Kier molecular flexibility index (Phi) is 4.75. The number of nitrogens with zero attached hydrogens (tertiary/aromatic N) is 2. The van der Waals surface area contributed by atoms with E-state index < -0.39 is 0 Å². The molecule has 2 heterocycles. The van der Waals surface area contributed by atoms with Crippen molar-refractivity contribution in [1.82, 2.24) is 9.97 Å². The highest BCUT2D eigenvalue weighted by Crippen LogP contribution is 2.29. The predicted molar refractivity (Wildman–Crippen MR) is 87.8 cm³/mol. The van der Waals surface area contributed by atoms with E-state index in [0.717, 1.165) is 28.7 Å². The van der Waals surface area contributed by atoms with E-state index in [1.165, 1.54) is 10.4 Å². The fourth-order valence-corrected chi connectivity index (χ4v) is 3.73. The van der Waals surface area contributed by atoms with E-state index in [4.69, 9.17) is 4.74 Å². The Morgan fingerprint density at radius 3 is 2.76 bits per heavy atom. The molecule has 0 aliphatic carbocycles. The van der Waals surface area contributed by atoms with Gasteiger partial charge in [0.2, 0.25) is 0 Å². The van der Waals surface area contributed by atoms with Crippen LogP contribution in [0.2, 0.25) is 0 Å². The van der Waals surface area contributed by atoms with Gasteiger partial charge in [-0.2, -0.15) is 0 Å². The molecule has 2 aromatic heterocycles. The van der Waals surface area contributed by atoms with Crippen LogP contribution in [0.5, 0.6) is 0 Å². The Morgan fingerprint density at radius 1 is 1.14 bits per heavy atom. The summed E-state index contributed by atoms with van der Waals surface area (Å²) < 4.78 is 5.74. The normalized spacial score (nSPS) is 10.9. The minimum Gasteiger partial charge on any atom is -0.376 e. The molecule has 0 aliphatic heterocycles. The SMILES string of the molecule is Cc1nc(-c2nccs2)sc1CCOCc1ccccc1. The molecule has 1 aromatic carbocycles. The van der Waals surface area contributed by atoms with Gasteiger partial charge in [-0.3, -0.25) is 0 Å². The van der Waals surface area contributed by atoms with Gasteiger partial charge in [0.25, 0.3) is 0 Å². The molecular formula is C16H16N2OS2. The number of rotatable bonds is 6. The molecule has 0 spiro atoms. The lowest BCUT2D eigenvalue weighted by Gasteiger charge is -2.03. The van der Waals surface area contributed by atoms with Crippen LogP contribution in [0.25, 0.3) is 10.0 Å². The lowest BCUT2D eigenvalue weighted by Crippen LogP contribution is -1.98. The third kappa shape index (κ3) is 3.75. The number of benzene rings is 1. The first-order valence-electron chi connectivity index (χ1n) is 6.81. The number of aromatic nitrogens is 2. The highest BCUT2D eigenvalue weighted by molar-refractivity contribution is 7.20. The molecule has 21 heavy (non-hydrogen) atoms. The van der Waals surface area contributed by atoms with Gasteiger partial charge in [-0.25, -0.2) is 9.97 Å². The van der Waals surface area contributed by atoms with Crippen molar-refractivity contribution in [3.8, 4) is 10.0 Å². The van der Waals surface area contributed by atoms with Gasteiger partial charge in [-0.15, -0.1) is 22.7 Å². The Balaban J connectivity index is 1.54. The maximum atomic E-state index is 5.74. The average Bonchev–Trinajstić information content (AvgIpc) is 3.15. The maximum Gasteiger partial charge on any atom is 0.152 e. The van der Waals surface area contributed by atoms with E-state index in [2.05, 4.69) is 29.0 Å². The van der Waals surface area contributed by atoms with Crippen molar-refractivity contribution in [1.29, 1.82) is 0 Å². The number of aryl methyl sites for hydroxylation is 1. The molecule has 3 rings (SSSR count). The summed E-state index contributed by atoms with van der Waals surface area (Å²) in [6.45, 7) is 3.44. The minimum absolute atomic E-state index is 0.665. The quantitative estimate of drug-likeness (QED) is 0.635. The first kappa shape index (κ1) is 14.4. The number of hydrogen-bond acceptors (Lipinski definition) is 5. The smallest absolute Gasteiger partial charge is 0.152 e. The van der Waals surface area contributed by atoms with Crippen LogP contribution in [-0.2, 0) is 17.8 Å². The first-order chi connectivity index (χ1) is 10.3. The molecule has 0 atom stereocenters. The molecular weight excluding hydrogens is 300 g/mol. The first-order valence-corrected chi connectivity index (χ1v) is 8.50. The Labute approximate surface area is 132 Å². The summed E-state index contributed by atoms with van der Waals surface area (Å²) in [7, 11) is 0. The standard InChI is InChI=1S/C16H16N2OS2/c1-12-14(21-16(18-12)15-17-8-10-20-15)7-9-19-11-13-5-3-2-4-6-13/h2-6,8,10H,7,9,11H2,1H3. The van der Waals surface area contributed by atoms with Crippen molar-refractivity contribution in [3.63, 3.8) is 0 Å². The zero-order valence-electron chi connectivity index (χ0n) is 11.8. The second-order valence-corrected chi connectivity index (χ2v) is 6.63. The molecule has 3 aromatic rings. The van der Waals surface area contributed by atoms with Crippen LogP contribution in [0, 0.1) is 6.92 Å². The molecule has 5 heteroatoms. The van der Waals surface area contributed by atoms with Crippen molar-refractivity contribution in [2.24, 2.45) is 0 Å². The molecule has 0 aliphatic rings. The van der Waals surface area contributed by atoms with Crippen LogP contribution in [0.3, 0.4) is 0 Å². The topological polar surface area (TPSA) is 35.0 Å². The van der Waals surface area contributed by atoms with E-state index in [-0.39, 0.29) is 0 Å². The summed E-state index contributed by atoms with van der Waals surface area (Å²) in [4.78, 5) is 10.2. The van der Waals surface area contributed by atoms with Crippen molar-refractivity contribution < 1.29 is 4.74 Å². The highest BCUT2D eigenvalue weighted by atomic mass is 32.1. The molecule has 0 fully saturated rings. The van der Waals surface area contributed by atoms with Gasteiger partial charge in [0.15, 0.2) is 10.0 Å². The minimum atomic E-state index is 0.665. The summed E-state index contributed by atoms with van der Waals surface area (Å²) in [5.74, 6) is 0. The van der Waals surface area contributed by atoms with Crippen LogP contribution < -0.4 is 0 Å². The second-order valence-electron chi connectivity index (χ2n) is 4.65. The number of thiazole rings is 2. The van der Waals surface area contributed by atoms with Crippen molar-refractivity contribution in [3.05, 3.63) is 58.0 Å². The summed E-state index contributed by atoms with van der Waals surface area (Å²) >= 11 is 3.35. The van der Waals surface area contributed by atoms with Gasteiger partial charge in [0, 0.05) is 22.9 Å². The fourth-order valence-electron chi connectivity index (χ4n) is 2.01. The molecule has 0 amide bonds. The molecule has 0 saturated heterocycles. The van der Waals surface area contributed by atoms with E-state index >= 15 is 0 Å². The summed E-state index contributed by atoms with van der Waals surface area (Å²) in [6.07, 6.45) is 2.72. The van der Waals surface area contributed by atoms with E-state index in [1.807, 2.05) is 29.8 Å². The van der Waals surface area contributed by atoms with Gasteiger partial charge in [-0.05, 0) is 12.5 Å². The highest BCUT2D eigenvalue weighted by Gasteiger charge is 2.10. The lowest BCUT2D eigenvalue weighted by atomic mass is 10.2. The predicted octanol–water partition coefficient (Wildman–Crippen LogP) is 4.33. The number of ether oxygens (including phenoxy) is 1. The summed E-state index contributed by atoms with van der Waals surface area (Å²) in [6, 6.07) is 10.3. The average molecular weight is 316 g/mol. The molecule has 0 N–H and O–H groups in total. The lowest BCUT2D eigenvalue weighted by molar-refractivity contribution is 0.124. The van der Waals surface area contributed by atoms with Gasteiger partial charge < -0.3 is 4.74 Å². The fraction of sp³-hybridized carbons (Fsp3) is 0.250. The summed E-state index contributed by atoms with van der Waals surface area (Å²) in [5, 5.41) is 3.99. The van der Waals surface area contributed by atoms with Crippen LogP contribution >= 0.6 is 22.7 Å². The van der Waals surface area contributed by atoms with Crippen LogP contribution in [0.1, 0.15) is 16.1 Å². The van der Waals surface area contributed by atoms with Gasteiger partial charge >= 0.3 is 0 Å². The summed E-state index contributed by atoms with van der Waals surface area (Å²) in [5.41, 5.74) is 2.30. The molecule has 0 unspecified atom stereocenters. The third-order valence-corrected chi connectivity index (χ3v) is 5.23. The molecule has 108 valence electrons. The molecule has 3 nitrogen and oxygen atoms in total. The van der Waals surface area contributed by atoms with Gasteiger partial charge in [0.1, 0.15) is 0 Å². The molecule has 0 radical (unpaired) electrons. The zero-order chi connectivity index (χ0) is 14.5. The van der Waals surface area contributed by atoms with Crippen LogP contribution in [-0.4, -0.2) is 16.6 Å². The Bertz CT molecular complexity index is 678. The van der Waals surface area contributed by atoms with Gasteiger partial charge in [0.05, 0.1) is 18.9 Å². The number of hydrogen-bond donors (Lipinski definition) is 0. The monoisotopic (exact) mass is 316 g/mol. The van der Waals surface area contributed by atoms with Crippen molar-refractivity contribution >= 4 is 22.7 Å². The van der Waals surface area contributed by atoms with Crippen LogP contribution in [0.4, 0.5) is 0 Å². The maximum absolute atomic E-state index is 5.74. The molecule has 0 bridgehead atoms. The van der Waals surface area contributed by atoms with E-state index in [0.29, 0.717) is 6.61 Å². The van der Waals surface area contributed by atoms with E-state index in [9.17, 15) is 0 Å².